The average molecular weight is 674 g/mol. The van der Waals surface area contributed by atoms with Crippen molar-refractivity contribution in [3.8, 4) is 22.6 Å². The van der Waals surface area contributed by atoms with Gasteiger partial charge in [-0.25, -0.2) is 22.1 Å². The largest absolute Gasteiger partial charge is 0.423 e. The van der Waals surface area contributed by atoms with E-state index in [0.717, 1.165) is 43.7 Å². The maximum Gasteiger partial charge on any atom is 0.260 e. The summed E-state index contributed by atoms with van der Waals surface area (Å²) in [4.78, 5) is 25.9. The number of aromatic nitrogens is 5. The minimum Gasteiger partial charge on any atom is -0.423 e. The Morgan fingerprint density at radius 2 is 1.85 bits per heavy atom. The van der Waals surface area contributed by atoms with Gasteiger partial charge in [0.25, 0.3) is 5.56 Å². The van der Waals surface area contributed by atoms with E-state index < -0.39 is 21.4 Å². The van der Waals surface area contributed by atoms with Crippen molar-refractivity contribution in [2.75, 3.05) is 49.7 Å². The van der Waals surface area contributed by atoms with Crippen LogP contribution in [0.1, 0.15) is 31.7 Å². The Bertz CT molecular complexity index is 2090. The molecule has 2 aliphatic heterocycles. The first-order valence-electron chi connectivity index (χ1n) is 15.9. The number of piperidine rings is 2. The minimum atomic E-state index is -3.38. The molecule has 250 valence electrons. The molecule has 15 heteroatoms. The monoisotopic (exact) mass is 673 g/mol. The summed E-state index contributed by atoms with van der Waals surface area (Å²) in [5, 5.41) is 14.7. The van der Waals surface area contributed by atoms with Crippen molar-refractivity contribution < 1.29 is 17.2 Å². The van der Waals surface area contributed by atoms with Gasteiger partial charge in [0.15, 0.2) is 0 Å². The molecule has 0 spiro atoms. The molecule has 3 aromatic heterocycles. The summed E-state index contributed by atoms with van der Waals surface area (Å²) in [5.41, 5.74) is 2.45. The average Bonchev–Trinajstić information content (AvgIpc) is 3.64. The Kier molecular flexibility index (Phi) is 8.66. The normalized spacial score (nSPS) is 17.9. The van der Waals surface area contributed by atoms with Gasteiger partial charge in [0.05, 0.1) is 11.8 Å². The second-order valence-corrected chi connectivity index (χ2v) is 14.3. The van der Waals surface area contributed by atoms with Crippen LogP contribution in [-0.4, -0.2) is 83.0 Å². The van der Waals surface area contributed by atoms with Crippen molar-refractivity contribution in [2.24, 2.45) is 0 Å². The number of anilines is 3. The van der Waals surface area contributed by atoms with E-state index in [1.165, 1.54) is 22.7 Å². The summed E-state index contributed by atoms with van der Waals surface area (Å²) >= 11 is 0. The standard InChI is InChI=1S/C33H36FN9O4S/c1-41(26-4-3-13-35-19-26)24-8-6-23(7-9-24)38-33-36-18-22-16-28(27-10-5-21(17-29(27)34)31-40-37-20-47-31)32(44)43(30(22)39-33)25-11-14-42(15-12-25)48(2,45)46/h5-10,16-18,20,25-26,35H,3-4,11-15,19H2,1-2H3,(H,36,38,39). The van der Waals surface area contributed by atoms with E-state index in [9.17, 15) is 13.2 Å². The summed E-state index contributed by atoms with van der Waals surface area (Å²) < 4.78 is 48.2. The van der Waals surface area contributed by atoms with Gasteiger partial charge in [-0.05, 0) is 74.7 Å². The van der Waals surface area contributed by atoms with Gasteiger partial charge >= 0.3 is 0 Å². The molecule has 2 fully saturated rings. The van der Waals surface area contributed by atoms with Crippen LogP contribution < -0.4 is 21.1 Å². The Morgan fingerprint density at radius 3 is 2.52 bits per heavy atom. The summed E-state index contributed by atoms with van der Waals surface area (Å²) in [6.45, 7) is 2.52. The van der Waals surface area contributed by atoms with Crippen LogP contribution in [0, 0.1) is 5.82 Å². The number of sulfonamides is 1. The highest BCUT2D eigenvalue weighted by atomic mass is 32.2. The molecule has 0 aliphatic carbocycles. The number of fused-ring (bicyclic) bond motifs is 1. The predicted octanol–water partition coefficient (Wildman–Crippen LogP) is 4.18. The van der Waals surface area contributed by atoms with Crippen molar-refractivity contribution in [2.45, 2.75) is 37.8 Å². The summed E-state index contributed by atoms with van der Waals surface area (Å²) in [7, 11) is -1.28. The smallest absolute Gasteiger partial charge is 0.260 e. The van der Waals surface area contributed by atoms with Gasteiger partial charge in [0.1, 0.15) is 11.5 Å². The van der Waals surface area contributed by atoms with Gasteiger partial charge in [-0.1, -0.05) is 6.07 Å². The first-order valence-corrected chi connectivity index (χ1v) is 17.7. The maximum absolute atomic E-state index is 15.6. The number of halogens is 1. The van der Waals surface area contributed by atoms with Crippen molar-refractivity contribution in [3.63, 3.8) is 0 Å². The Hall–Kier alpha value is -4.73. The topological polar surface area (TPSA) is 151 Å². The lowest BCUT2D eigenvalue weighted by Gasteiger charge is -2.33. The van der Waals surface area contributed by atoms with Gasteiger partial charge in [-0.3, -0.25) is 9.36 Å². The SMILES string of the molecule is CN(c1ccc(Nc2ncc3cc(-c4ccc(-c5nnco5)cc4F)c(=O)n(C4CCN(S(C)(=O)=O)CC4)c3n2)cc1)C1CCCNC1. The second-order valence-electron chi connectivity index (χ2n) is 12.3. The highest BCUT2D eigenvalue weighted by Crippen LogP contribution is 2.31. The van der Waals surface area contributed by atoms with E-state index in [1.807, 2.05) is 24.3 Å². The summed E-state index contributed by atoms with van der Waals surface area (Å²) in [6, 6.07) is 14.1. The highest BCUT2D eigenvalue weighted by molar-refractivity contribution is 7.88. The van der Waals surface area contributed by atoms with E-state index in [4.69, 9.17) is 9.40 Å². The van der Waals surface area contributed by atoms with Gasteiger partial charge < -0.3 is 20.0 Å². The zero-order chi connectivity index (χ0) is 33.4. The number of benzene rings is 2. The van der Waals surface area contributed by atoms with Crippen LogP contribution in [0.5, 0.6) is 0 Å². The zero-order valence-electron chi connectivity index (χ0n) is 26.6. The fraction of sp³-hybridized carbons (Fsp3) is 0.364. The first-order chi connectivity index (χ1) is 23.2. The van der Waals surface area contributed by atoms with Gasteiger partial charge in [0.2, 0.25) is 28.3 Å². The third kappa shape index (κ3) is 6.40. The number of nitrogens with one attached hydrogen (secondary N) is 2. The Labute approximate surface area is 276 Å². The fourth-order valence-electron chi connectivity index (χ4n) is 6.59. The van der Waals surface area contributed by atoms with Crippen molar-refractivity contribution >= 4 is 38.4 Å². The van der Waals surface area contributed by atoms with Gasteiger partial charge in [-0.15, -0.1) is 10.2 Å². The molecule has 13 nitrogen and oxygen atoms in total. The molecule has 1 unspecified atom stereocenters. The van der Waals surface area contributed by atoms with Crippen LogP contribution in [0.25, 0.3) is 33.6 Å². The van der Waals surface area contributed by atoms with E-state index in [-0.39, 0.29) is 36.1 Å². The van der Waals surface area contributed by atoms with Crippen molar-refractivity contribution in [3.05, 3.63) is 77.3 Å². The molecule has 0 amide bonds. The zero-order valence-corrected chi connectivity index (χ0v) is 27.5. The molecule has 0 saturated carbocycles. The summed E-state index contributed by atoms with van der Waals surface area (Å²) in [5.74, 6) is -0.177. The number of hydrogen-bond donors (Lipinski definition) is 2. The first kappa shape index (κ1) is 31.8. The molecule has 2 saturated heterocycles. The number of nitrogens with zero attached hydrogens (tertiary/aromatic N) is 7. The van der Waals surface area contributed by atoms with Gasteiger partial charge in [-0.2, -0.15) is 4.98 Å². The quantitative estimate of drug-likeness (QED) is 0.244. The molecule has 5 heterocycles. The fourth-order valence-corrected chi connectivity index (χ4v) is 7.47. The van der Waals surface area contributed by atoms with Crippen LogP contribution in [0.15, 0.2) is 70.3 Å². The number of pyridine rings is 1. The lowest BCUT2D eigenvalue weighted by atomic mass is 10.0. The molecule has 48 heavy (non-hydrogen) atoms. The van der Waals surface area contributed by atoms with Gasteiger partial charge in [0, 0.05) is 72.9 Å². The highest BCUT2D eigenvalue weighted by Gasteiger charge is 2.29. The number of rotatable bonds is 8. The lowest BCUT2D eigenvalue weighted by Crippen LogP contribution is -2.44. The predicted molar refractivity (Wildman–Crippen MR) is 181 cm³/mol. The second kappa shape index (κ2) is 13.1. The van der Waals surface area contributed by atoms with Crippen molar-refractivity contribution in [1.82, 2.24) is 34.4 Å². The van der Waals surface area contributed by atoms with E-state index >= 15 is 4.39 Å². The molecular weight excluding hydrogens is 637 g/mol. The maximum atomic E-state index is 15.6. The number of likely N-dealkylation sites (N-methyl/N-ethyl adjacent to an activating group) is 1. The molecule has 0 radical (unpaired) electrons. The Balaban J connectivity index is 1.24. The molecule has 7 rings (SSSR count). The number of hydrogen-bond acceptors (Lipinski definition) is 11. The molecular formula is C33H36FN9O4S. The summed E-state index contributed by atoms with van der Waals surface area (Å²) in [6.07, 6.45) is 7.02. The van der Waals surface area contributed by atoms with Crippen LogP contribution >= 0.6 is 0 Å². The van der Waals surface area contributed by atoms with Crippen molar-refractivity contribution in [1.29, 1.82) is 0 Å². The lowest BCUT2D eigenvalue weighted by molar-refractivity contribution is 0.275. The van der Waals surface area contributed by atoms with Crippen LogP contribution in [0.4, 0.5) is 21.7 Å². The van der Waals surface area contributed by atoms with E-state index in [1.54, 1.807) is 22.9 Å². The minimum absolute atomic E-state index is 0.101. The van der Waals surface area contributed by atoms with Crippen LogP contribution in [0.3, 0.4) is 0 Å². The molecule has 2 aliphatic rings. The van der Waals surface area contributed by atoms with Crippen LogP contribution in [-0.2, 0) is 10.0 Å². The molecule has 2 aromatic carbocycles. The molecule has 5 aromatic rings. The van der Waals surface area contributed by atoms with E-state index in [0.29, 0.717) is 41.4 Å². The molecule has 0 bridgehead atoms. The third-order valence-electron chi connectivity index (χ3n) is 9.25. The van der Waals surface area contributed by atoms with E-state index in [2.05, 4.69) is 37.8 Å². The third-order valence-corrected chi connectivity index (χ3v) is 10.5. The van der Waals surface area contributed by atoms with Crippen LogP contribution in [0.2, 0.25) is 0 Å². The Morgan fingerprint density at radius 1 is 1.06 bits per heavy atom. The molecule has 2 N–H and O–H groups in total. The molecule has 1 atom stereocenters.